The molecule has 0 saturated carbocycles. The molecule has 5 heteroatoms. The summed E-state index contributed by atoms with van der Waals surface area (Å²) in [6.45, 7) is 1.83. The smallest absolute Gasteiger partial charge is 0.327 e. The Bertz CT molecular complexity index is 382. The maximum absolute atomic E-state index is 13.4. The SMILES string of the molecule is CCOC(=O)C(NC)c1cccc(F)c1F. The number of esters is 1. The first-order valence-electron chi connectivity index (χ1n) is 4.89. The number of rotatable bonds is 4. The average Bonchev–Trinajstić information content (AvgIpc) is 2.25. The molecule has 0 fully saturated rings. The highest BCUT2D eigenvalue weighted by Crippen LogP contribution is 2.20. The highest BCUT2D eigenvalue weighted by Gasteiger charge is 2.24. The predicted molar refractivity (Wildman–Crippen MR) is 54.8 cm³/mol. The Labute approximate surface area is 92.4 Å². The standard InChI is InChI=1S/C11H13F2NO2/c1-3-16-11(15)10(14-2)7-5-4-6-8(12)9(7)13/h4-6,10,14H,3H2,1-2H3. The lowest BCUT2D eigenvalue weighted by molar-refractivity contribution is -0.145. The molecule has 0 amide bonds. The average molecular weight is 229 g/mol. The third kappa shape index (κ3) is 2.55. The molecule has 1 atom stereocenters. The van der Waals surface area contributed by atoms with Crippen molar-refractivity contribution in [1.29, 1.82) is 0 Å². The third-order valence-electron chi connectivity index (χ3n) is 2.10. The van der Waals surface area contributed by atoms with Crippen LogP contribution in [0.4, 0.5) is 8.78 Å². The summed E-state index contributed by atoms with van der Waals surface area (Å²) in [4.78, 5) is 11.5. The monoisotopic (exact) mass is 229 g/mol. The number of likely N-dealkylation sites (N-methyl/N-ethyl adjacent to an activating group) is 1. The van der Waals surface area contributed by atoms with E-state index in [-0.39, 0.29) is 12.2 Å². The van der Waals surface area contributed by atoms with Crippen LogP contribution >= 0.6 is 0 Å². The molecule has 1 N–H and O–H groups in total. The van der Waals surface area contributed by atoms with Gasteiger partial charge in [0.25, 0.3) is 0 Å². The molecule has 1 aromatic carbocycles. The molecule has 16 heavy (non-hydrogen) atoms. The van der Waals surface area contributed by atoms with Gasteiger partial charge < -0.3 is 10.1 Å². The Kier molecular flexibility index (Phi) is 4.37. The molecule has 1 rings (SSSR count). The van der Waals surface area contributed by atoms with Crippen molar-refractivity contribution in [2.75, 3.05) is 13.7 Å². The number of hydrogen-bond donors (Lipinski definition) is 1. The minimum atomic E-state index is -1.03. The van der Waals surface area contributed by atoms with E-state index in [9.17, 15) is 13.6 Å². The number of halogens is 2. The third-order valence-corrected chi connectivity index (χ3v) is 2.10. The Balaban J connectivity index is 3.04. The highest BCUT2D eigenvalue weighted by molar-refractivity contribution is 5.77. The van der Waals surface area contributed by atoms with Gasteiger partial charge in [0.1, 0.15) is 6.04 Å². The molecular weight excluding hydrogens is 216 g/mol. The largest absolute Gasteiger partial charge is 0.465 e. The van der Waals surface area contributed by atoms with E-state index >= 15 is 0 Å². The van der Waals surface area contributed by atoms with Gasteiger partial charge in [0.2, 0.25) is 0 Å². The lowest BCUT2D eigenvalue weighted by Gasteiger charge is -2.15. The van der Waals surface area contributed by atoms with Crippen LogP contribution in [0.5, 0.6) is 0 Å². The van der Waals surface area contributed by atoms with Crippen molar-refractivity contribution in [1.82, 2.24) is 5.32 Å². The zero-order valence-electron chi connectivity index (χ0n) is 9.09. The molecule has 1 unspecified atom stereocenters. The van der Waals surface area contributed by atoms with Gasteiger partial charge >= 0.3 is 5.97 Å². The molecule has 0 radical (unpaired) electrons. The molecule has 0 heterocycles. The summed E-state index contributed by atoms with van der Waals surface area (Å²) >= 11 is 0. The molecular formula is C11H13F2NO2. The van der Waals surface area contributed by atoms with Crippen LogP contribution < -0.4 is 5.32 Å². The van der Waals surface area contributed by atoms with Gasteiger partial charge in [-0.15, -0.1) is 0 Å². The van der Waals surface area contributed by atoms with E-state index in [1.165, 1.54) is 19.2 Å². The van der Waals surface area contributed by atoms with Crippen LogP contribution in [-0.4, -0.2) is 19.6 Å². The van der Waals surface area contributed by atoms with Crippen molar-refractivity contribution >= 4 is 5.97 Å². The fourth-order valence-corrected chi connectivity index (χ4v) is 1.37. The molecule has 88 valence electrons. The second-order valence-corrected chi connectivity index (χ2v) is 3.12. The van der Waals surface area contributed by atoms with Crippen LogP contribution in [0.1, 0.15) is 18.5 Å². The number of carbonyl (C=O) groups excluding carboxylic acids is 1. The summed E-state index contributed by atoms with van der Waals surface area (Å²) in [5.41, 5.74) is -0.0547. The van der Waals surface area contributed by atoms with E-state index in [1.54, 1.807) is 6.92 Å². The minimum absolute atomic E-state index is 0.0547. The number of nitrogens with one attached hydrogen (secondary N) is 1. The lowest BCUT2D eigenvalue weighted by Crippen LogP contribution is -2.28. The van der Waals surface area contributed by atoms with Crippen molar-refractivity contribution in [2.45, 2.75) is 13.0 Å². The molecule has 0 aromatic heterocycles. The van der Waals surface area contributed by atoms with Crippen LogP contribution in [0.2, 0.25) is 0 Å². The lowest BCUT2D eigenvalue weighted by atomic mass is 10.1. The first-order chi connectivity index (χ1) is 7.61. The Morgan fingerprint density at radius 1 is 1.50 bits per heavy atom. The van der Waals surface area contributed by atoms with Gasteiger partial charge in [0, 0.05) is 5.56 Å². The van der Waals surface area contributed by atoms with Crippen molar-refractivity contribution < 1.29 is 18.3 Å². The molecule has 1 aromatic rings. The molecule has 0 aliphatic rings. The summed E-state index contributed by atoms with van der Waals surface area (Å²) in [5, 5.41) is 2.59. The van der Waals surface area contributed by atoms with Crippen LogP contribution in [0.3, 0.4) is 0 Å². The van der Waals surface area contributed by atoms with E-state index in [2.05, 4.69) is 5.32 Å². The van der Waals surface area contributed by atoms with Gasteiger partial charge in [-0.3, -0.25) is 0 Å². The first kappa shape index (κ1) is 12.6. The van der Waals surface area contributed by atoms with E-state index < -0.39 is 23.6 Å². The second kappa shape index (κ2) is 5.55. The van der Waals surface area contributed by atoms with Gasteiger partial charge in [-0.2, -0.15) is 0 Å². The van der Waals surface area contributed by atoms with Crippen molar-refractivity contribution in [3.05, 3.63) is 35.4 Å². The fraction of sp³-hybridized carbons (Fsp3) is 0.364. The van der Waals surface area contributed by atoms with E-state index in [1.807, 2.05) is 0 Å². The van der Waals surface area contributed by atoms with Crippen molar-refractivity contribution in [3.8, 4) is 0 Å². The predicted octanol–water partition coefficient (Wildman–Crippen LogP) is 1.79. The minimum Gasteiger partial charge on any atom is -0.465 e. The Morgan fingerprint density at radius 3 is 2.75 bits per heavy atom. The van der Waals surface area contributed by atoms with Crippen molar-refractivity contribution in [2.24, 2.45) is 0 Å². The van der Waals surface area contributed by atoms with Crippen LogP contribution in [0.15, 0.2) is 18.2 Å². The highest BCUT2D eigenvalue weighted by atomic mass is 19.2. The van der Waals surface area contributed by atoms with Gasteiger partial charge in [-0.25, -0.2) is 13.6 Å². The van der Waals surface area contributed by atoms with Gasteiger partial charge in [0.15, 0.2) is 11.6 Å². The summed E-state index contributed by atoms with van der Waals surface area (Å²) in [7, 11) is 1.48. The molecule has 0 saturated heterocycles. The van der Waals surface area contributed by atoms with Gasteiger partial charge in [-0.05, 0) is 20.0 Å². The van der Waals surface area contributed by atoms with Crippen LogP contribution in [-0.2, 0) is 9.53 Å². The normalized spacial score (nSPS) is 12.2. The number of carbonyl (C=O) groups is 1. The maximum atomic E-state index is 13.4. The topological polar surface area (TPSA) is 38.3 Å². The van der Waals surface area contributed by atoms with Crippen LogP contribution in [0.25, 0.3) is 0 Å². The van der Waals surface area contributed by atoms with Crippen molar-refractivity contribution in [3.63, 3.8) is 0 Å². The summed E-state index contributed by atoms with van der Waals surface area (Å²) < 4.78 is 31.1. The summed E-state index contributed by atoms with van der Waals surface area (Å²) in [6, 6.07) is 2.69. The van der Waals surface area contributed by atoms with E-state index in [4.69, 9.17) is 4.74 Å². The molecule has 3 nitrogen and oxygen atoms in total. The number of benzene rings is 1. The molecule has 0 spiro atoms. The number of ether oxygens (including phenoxy) is 1. The quantitative estimate of drug-likeness (QED) is 0.800. The van der Waals surface area contributed by atoms with E-state index in [0.29, 0.717) is 0 Å². The summed E-state index contributed by atoms with van der Waals surface area (Å²) in [5.74, 6) is -2.65. The fourth-order valence-electron chi connectivity index (χ4n) is 1.37. The first-order valence-corrected chi connectivity index (χ1v) is 4.89. The Morgan fingerprint density at radius 2 is 2.19 bits per heavy atom. The second-order valence-electron chi connectivity index (χ2n) is 3.12. The zero-order valence-corrected chi connectivity index (χ0v) is 9.09. The van der Waals surface area contributed by atoms with Gasteiger partial charge in [-0.1, -0.05) is 12.1 Å². The zero-order chi connectivity index (χ0) is 12.1. The molecule has 0 aliphatic heterocycles. The number of hydrogen-bond acceptors (Lipinski definition) is 3. The molecule has 0 bridgehead atoms. The Hall–Kier alpha value is -1.49. The van der Waals surface area contributed by atoms with E-state index in [0.717, 1.165) is 6.07 Å². The van der Waals surface area contributed by atoms with Crippen LogP contribution in [0, 0.1) is 11.6 Å². The molecule has 0 aliphatic carbocycles. The van der Waals surface area contributed by atoms with Gasteiger partial charge in [0.05, 0.1) is 6.61 Å². The summed E-state index contributed by atoms with van der Waals surface area (Å²) in [6.07, 6.45) is 0. The maximum Gasteiger partial charge on any atom is 0.327 e.